The summed E-state index contributed by atoms with van der Waals surface area (Å²) in [6, 6.07) is 11.9. The molecule has 2 nitrogen and oxygen atoms in total. The Labute approximate surface area is 127 Å². The van der Waals surface area contributed by atoms with E-state index in [9.17, 15) is 9.59 Å². The molecular formula is C16H12Cl2O2. The Morgan fingerprint density at radius 1 is 0.950 bits per heavy atom. The van der Waals surface area contributed by atoms with Gasteiger partial charge >= 0.3 is 0 Å². The number of rotatable bonds is 4. The molecule has 20 heavy (non-hydrogen) atoms. The molecule has 0 radical (unpaired) electrons. The fourth-order valence-corrected chi connectivity index (χ4v) is 2.21. The lowest BCUT2D eigenvalue weighted by Crippen LogP contribution is -2.09. The first-order chi connectivity index (χ1) is 9.49. The number of hydrogen-bond donors (Lipinski definition) is 0. The molecule has 0 saturated carbocycles. The standard InChI is InChI=1S/C16H12Cl2O2/c1-10-5-7-11(8-6-10)14(19)9-15(20)12-3-2-4-13(17)16(12)18/h2-8H,9H2,1H3. The monoisotopic (exact) mass is 306 g/mol. The van der Waals surface area contributed by atoms with E-state index in [2.05, 4.69) is 0 Å². The van der Waals surface area contributed by atoms with Gasteiger partial charge in [0, 0.05) is 11.1 Å². The lowest BCUT2D eigenvalue weighted by atomic mass is 10.0. The van der Waals surface area contributed by atoms with Crippen LogP contribution < -0.4 is 0 Å². The van der Waals surface area contributed by atoms with Gasteiger partial charge in [0.25, 0.3) is 0 Å². The second-order valence-corrected chi connectivity index (χ2v) is 5.28. The molecule has 0 atom stereocenters. The summed E-state index contributed by atoms with van der Waals surface area (Å²) in [6.07, 6.45) is -0.219. The predicted molar refractivity (Wildman–Crippen MR) is 80.9 cm³/mol. The van der Waals surface area contributed by atoms with Crippen LogP contribution in [0.25, 0.3) is 0 Å². The number of aryl methyl sites for hydroxylation is 1. The van der Waals surface area contributed by atoms with Crippen LogP contribution in [-0.2, 0) is 0 Å². The number of carbonyl (C=O) groups is 2. The van der Waals surface area contributed by atoms with Crippen molar-refractivity contribution >= 4 is 34.8 Å². The number of hydrogen-bond acceptors (Lipinski definition) is 2. The van der Waals surface area contributed by atoms with Crippen molar-refractivity contribution in [2.45, 2.75) is 13.3 Å². The molecule has 2 aromatic rings. The van der Waals surface area contributed by atoms with Crippen molar-refractivity contribution < 1.29 is 9.59 Å². The number of ketones is 2. The van der Waals surface area contributed by atoms with E-state index in [4.69, 9.17) is 23.2 Å². The molecule has 0 fully saturated rings. The van der Waals surface area contributed by atoms with E-state index < -0.39 is 0 Å². The van der Waals surface area contributed by atoms with Crippen LogP contribution in [-0.4, -0.2) is 11.6 Å². The molecule has 0 N–H and O–H groups in total. The Balaban J connectivity index is 2.17. The van der Waals surface area contributed by atoms with E-state index in [1.54, 1.807) is 30.3 Å². The van der Waals surface area contributed by atoms with Crippen LogP contribution in [0.15, 0.2) is 42.5 Å². The van der Waals surface area contributed by atoms with Crippen molar-refractivity contribution in [3.8, 4) is 0 Å². The molecule has 0 unspecified atom stereocenters. The molecule has 0 aliphatic rings. The molecular weight excluding hydrogens is 295 g/mol. The van der Waals surface area contributed by atoms with E-state index in [0.29, 0.717) is 10.6 Å². The minimum atomic E-state index is -0.330. The maximum atomic E-state index is 12.1. The van der Waals surface area contributed by atoms with Crippen molar-refractivity contribution in [1.82, 2.24) is 0 Å². The van der Waals surface area contributed by atoms with Crippen molar-refractivity contribution in [2.24, 2.45) is 0 Å². The third kappa shape index (κ3) is 3.27. The third-order valence-corrected chi connectivity index (χ3v) is 3.77. The maximum Gasteiger partial charge on any atom is 0.172 e. The van der Waals surface area contributed by atoms with Crippen molar-refractivity contribution in [3.63, 3.8) is 0 Å². The molecule has 2 rings (SSSR count). The first-order valence-corrected chi connectivity index (χ1v) is 6.81. The third-order valence-electron chi connectivity index (χ3n) is 2.95. The highest BCUT2D eigenvalue weighted by Crippen LogP contribution is 2.26. The average Bonchev–Trinajstić information content (AvgIpc) is 2.42. The van der Waals surface area contributed by atoms with Crippen LogP contribution in [0, 0.1) is 6.92 Å². The minimum Gasteiger partial charge on any atom is -0.294 e. The van der Waals surface area contributed by atoms with E-state index in [0.717, 1.165) is 5.56 Å². The van der Waals surface area contributed by atoms with Gasteiger partial charge in [0.05, 0.1) is 16.5 Å². The fraction of sp³-hybridized carbons (Fsp3) is 0.125. The SMILES string of the molecule is Cc1ccc(C(=O)CC(=O)c2cccc(Cl)c2Cl)cc1. The first-order valence-electron chi connectivity index (χ1n) is 6.06. The number of Topliss-reactive ketones (excluding diaryl/α,β-unsaturated/α-hetero) is 2. The van der Waals surface area contributed by atoms with Crippen LogP contribution in [0.2, 0.25) is 10.0 Å². The molecule has 0 spiro atoms. The summed E-state index contributed by atoms with van der Waals surface area (Å²) in [5, 5.41) is 0.496. The summed E-state index contributed by atoms with van der Waals surface area (Å²) in [7, 11) is 0. The van der Waals surface area contributed by atoms with Gasteiger partial charge < -0.3 is 0 Å². The quantitative estimate of drug-likeness (QED) is 0.603. The molecule has 4 heteroatoms. The van der Waals surface area contributed by atoms with Gasteiger partial charge in [-0.05, 0) is 19.1 Å². The highest BCUT2D eigenvalue weighted by Gasteiger charge is 2.17. The van der Waals surface area contributed by atoms with Crippen molar-refractivity contribution in [2.75, 3.05) is 0 Å². The Morgan fingerprint density at radius 2 is 1.60 bits per heavy atom. The summed E-state index contributed by atoms with van der Waals surface area (Å²) in [4.78, 5) is 24.1. The minimum absolute atomic E-state index is 0.191. The van der Waals surface area contributed by atoms with Crippen LogP contribution >= 0.6 is 23.2 Å². The largest absolute Gasteiger partial charge is 0.294 e. The van der Waals surface area contributed by atoms with Gasteiger partial charge in [-0.15, -0.1) is 0 Å². The average molecular weight is 307 g/mol. The van der Waals surface area contributed by atoms with Gasteiger partial charge in [-0.25, -0.2) is 0 Å². The van der Waals surface area contributed by atoms with Gasteiger partial charge in [-0.2, -0.15) is 0 Å². The Bertz CT molecular complexity index is 661. The van der Waals surface area contributed by atoms with Crippen molar-refractivity contribution in [3.05, 3.63) is 69.2 Å². The topological polar surface area (TPSA) is 34.1 Å². The zero-order valence-corrected chi connectivity index (χ0v) is 12.3. The second kappa shape index (κ2) is 6.21. The van der Waals surface area contributed by atoms with Gasteiger partial charge in [0.15, 0.2) is 11.6 Å². The zero-order chi connectivity index (χ0) is 14.7. The van der Waals surface area contributed by atoms with Gasteiger partial charge in [0.1, 0.15) is 0 Å². The molecule has 0 heterocycles. The van der Waals surface area contributed by atoms with E-state index >= 15 is 0 Å². The fourth-order valence-electron chi connectivity index (χ4n) is 1.80. The highest BCUT2D eigenvalue weighted by molar-refractivity contribution is 6.44. The maximum absolute atomic E-state index is 12.1. The molecule has 0 aliphatic carbocycles. The number of benzene rings is 2. The Kier molecular flexibility index (Phi) is 4.58. The van der Waals surface area contributed by atoms with Gasteiger partial charge in [0.2, 0.25) is 0 Å². The number of halogens is 2. The van der Waals surface area contributed by atoms with Crippen molar-refractivity contribution in [1.29, 1.82) is 0 Å². The molecule has 0 saturated heterocycles. The summed E-state index contributed by atoms with van der Waals surface area (Å²) in [6.45, 7) is 1.94. The summed E-state index contributed by atoms with van der Waals surface area (Å²) in [5.74, 6) is -0.561. The Morgan fingerprint density at radius 3 is 2.25 bits per heavy atom. The van der Waals surface area contributed by atoms with Crippen LogP contribution in [0.4, 0.5) is 0 Å². The Hall–Kier alpha value is -1.64. The van der Waals surface area contributed by atoms with E-state index in [1.807, 2.05) is 19.1 Å². The van der Waals surface area contributed by atoms with Gasteiger partial charge in [-0.3, -0.25) is 9.59 Å². The molecule has 2 aromatic carbocycles. The zero-order valence-electron chi connectivity index (χ0n) is 10.8. The molecule has 102 valence electrons. The first kappa shape index (κ1) is 14.8. The summed E-state index contributed by atoms with van der Waals surface area (Å²) in [5.41, 5.74) is 1.85. The second-order valence-electron chi connectivity index (χ2n) is 4.49. The summed E-state index contributed by atoms with van der Waals surface area (Å²) < 4.78 is 0. The smallest absolute Gasteiger partial charge is 0.172 e. The van der Waals surface area contributed by atoms with Gasteiger partial charge in [-0.1, -0.05) is 59.1 Å². The van der Waals surface area contributed by atoms with Crippen LogP contribution in [0.1, 0.15) is 32.7 Å². The highest BCUT2D eigenvalue weighted by atomic mass is 35.5. The lowest BCUT2D eigenvalue weighted by Gasteiger charge is -2.05. The van der Waals surface area contributed by atoms with E-state index in [1.165, 1.54) is 0 Å². The molecule has 0 aliphatic heterocycles. The predicted octanol–water partition coefficient (Wildman–Crippen LogP) is 4.76. The normalized spacial score (nSPS) is 10.3. The molecule has 0 aromatic heterocycles. The molecule has 0 amide bonds. The van der Waals surface area contributed by atoms with E-state index in [-0.39, 0.29) is 28.6 Å². The lowest BCUT2D eigenvalue weighted by molar-refractivity contribution is 0.0894. The number of carbonyl (C=O) groups excluding carboxylic acids is 2. The summed E-state index contributed by atoms with van der Waals surface area (Å²) >= 11 is 11.8. The van der Waals surface area contributed by atoms with Crippen LogP contribution in [0.5, 0.6) is 0 Å². The molecule has 0 bridgehead atoms. The van der Waals surface area contributed by atoms with Crippen LogP contribution in [0.3, 0.4) is 0 Å².